The van der Waals surface area contributed by atoms with Crippen LogP contribution >= 0.6 is 0 Å². The van der Waals surface area contributed by atoms with E-state index in [0.717, 1.165) is 36.4 Å². The van der Waals surface area contributed by atoms with Crippen molar-refractivity contribution in [3.05, 3.63) is 65.4 Å². The lowest BCUT2D eigenvalue weighted by molar-refractivity contribution is -0.141. The highest BCUT2D eigenvalue weighted by molar-refractivity contribution is 6.00. The molecule has 0 spiro atoms. The van der Waals surface area contributed by atoms with Gasteiger partial charge in [0.2, 0.25) is 0 Å². The molecule has 1 N–H and O–H groups in total. The number of aryl methyl sites for hydroxylation is 2. The van der Waals surface area contributed by atoms with E-state index in [-0.39, 0.29) is 23.8 Å². The van der Waals surface area contributed by atoms with Crippen molar-refractivity contribution in [3.63, 3.8) is 0 Å². The number of likely N-dealkylation sites (tertiary alicyclic amines) is 1. The van der Waals surface area contributed by atoms with Gasteiger partial charge in [0, 0.05) is 25.0 Å². The standard InChI is InChI=1S/C24H23F3N6O/c1-13-6-16(22(31-9-13)21-14(2)4-3-5-28-21)23(34)33-12-15-7-17(18(33)8-15)32-20-11-29-19(10-30-20)24(25,26)27/h3-6,9-11,15,17-18H,7-8,12H2,1-2H3,(H,30,32). The number of amides is 1. The van der Waals surface area contributed by atoms with Crippen LogP contribution < -0.4 is 5.32 Å². The van der Waals surface area contributed by atoms with Crippen molar-refractivity contribution in [2.24, 2.45) is 5.92 Å². The largest absolute Gasteiger partial charge is 0.434 e. The van der Waals surface area contributed by atoms with Crippen LogP contribution in [0.25, 0.3) is 11.4 Å². The topological polar surface area (TPSA) is 83.9 Å². The van der Waals surface area contributed by atoms with E-state index in [0.29, 0.717) is 29.4 Å². The fourth-order valence-corrected chi connectivity index (χ4v) is 4.96. The summed E-state index contributed by atoms with van der Waals surface area (Å²) in [5.41, 5.74) is 2.49. The number of rotatable bonds is 4. The summed E-state index contributed by atoms with van der Waals surface area (Å²) in [6.45, 7) is 4.46. The predicted molar refractivity (Wildman–Crippen MR) is 119 cm³/mol. The molecule has 3 unspecified atom stereocenters. The third kappa shape index (κ3) is 4.08. The van der Waals surface area contributed by atoms with E-state index in [2.05, 4.69) is 25.3 Å². The summed E-state index contributed by atoms with van der Waals surface area (Å²) in [5.74, 6) is 0.459. The molecule has 2 fully saturated rings. The highest BCUT2D eigenvalue weighted by Crippen LogP contribution is 2.40. The fourth-order valence-electron chi connectivity index (χ4n) is 4.96. The molecule has 176 valence electrons. The maximum atomic E-state index is 13.7. The Kier molecular flexibility index (Phi) is 5.45. The molecule has 5 rings (SSSR count). The molecular weight excluding hydrogens is 445 g/mol. The highest BCUT2D eigenvalue weighted by atomic mass is 19.4. The van der Waals surface area contributed by atoms with Crippen LogP contribution in [0.5, 0.6) is 0 Å². The van der Waals surface area contributed by atoms with Crippen molar-refractivity contribution in [2.75, 3.05) is 11.9 Å². The van der Waals surface area contributed by atoms with Gasteiger partial charge in [0.1, 0.15) is 11.5 Å². The molecule has 3 aromatic rings. The van der Waals surface area contributed by atoms with Crippen LogP contribution in [0.3, 0.4) is 0 Å². The number of carbonyl (C=O) groups is 1. The molecule has 4 heterocycles. The summed E-state index contributed by atoms with van der Waals surface area (Å²) in [7, 11) is 0. The van der Waals surface area contributed by atoms with Crippen LogP contribution in [0.1, 0.15) is 40.0 Å². The SMILES string of the molecule is Cc1cnc(-c2ncccc2C)c(C(=O)N2CC3CC(Nc4cnc(C(F)(F)F)cn4)C2C3)c1. The Balaban J connectivity index is 1.39. The first-order valence-electron chi connectivity index (χ1n) is 11.1. The van der Waals surface area contributed by atoms with E-state index in [1.54, 1.807) is 12.4 Å². The van der Waals surface area contributed by atoms with E-state index in [4.69, 9.17) is 0 Å². The lowest BCUT2D eigenvalue weighted by atomic mass is 10.0. The summed E-state index contributed by atoms with van der Waals surface area (Å²) in [4.78, 5) is 31.9. The minimum Gasteiger partial charge on any atom is -0.364 e. The van der Waals surface area contributed by atoms with Gasteiger partial charge in [-0.3, -0.25) is 14.8 Å². The van der Waals surface area contributed by atoms with Gasteiger partial charge < -0.3 is 10.2 Å². The number of aromatic nitrogens is 4. The van der Waals surface area contributed by atoms with E-state index in [1.807, 2.05) is 36.9 Å². The van der Waals surface area contributed by atoms with Gasteiger partial charge in [-0.1, -0.05) is 6.07 Å². The Morgan fingerprint density at radius 3 is 2.56 bits per heavy atom. The second kappa shape index (κ2) is 8.34. The van der Waals surface area contributed by atoms with Crippen LogP contribution in [0.2, 0.25) is 0 Å². The fraction of sp³-hybridized carbons (Fsp3) is 0.375. The van der Waals surface area contributed by atoms with Crippen molar-refractivity contribution in [3.8, 4) is 11.4 Å². The molecule has 1 amide bonds. The Labute approximate surface area is 194 Å². The lowest BCUT2D eigenvalue weighted by Gasteiger charge is -2.34. The number of anilines is 1. The summed E-state index contributed by atoms with van der Waals surface area (Å²) in [5, 5.41) is 3.19. The van der Waals surface area contributed by atoms with Gasteiger partial charge in [0.25, 0.3) is 5.91 Å². The number of hydrogen-bond donors (Lipinski definition) is 1. The zero-order chi connectivity index (χ0) is 24.0. The number of alkyl halides is 3. The van der Waals surface area contributed by atoms with Gasteiger partial charge >= 0.3 is 6.18 Å². The number of halogens is 3. The molecule has 3 atom stereocenters. The zero-order valence-corrected chi connectivity index (χ0v) is 18.7. The Bertz CT molecular complexity index is 1230. The second-order valence-electron chi connectivity index (χ2n) is 8.98. The van der Waals surface area contributed by atoms with Crippen LogP contribution in [0.4, 0.5) is 19.0 Å². The smallest absolute Gasteiger partial charge is 0.364 e. The van der Waals surface area contributed by atoms with Gasteiger partial charge in [-0.15, -0.1) is 0 Å². The van der Waals surface area contributed by atoms with Gasteiger partial charge in [0.15, 0.2) is 5.69 Å². The van der Waals surface area contributed by atoms with Crippen LogP contribution in [0, 0.1) is 19.8 Å². The maximum absolute atomic E-state index is 13.7. The number of fused-ring (bicyclic) bond motifs is 2. The molecule has 2 bridgehead atoms. The molecule has 1 aliphatic heterocycles. The number of hydrogen-bond acceptors (Lipinski definition) is 6. The quantitative estimate of drug-likeness (QED) is 0.615. The lowest BCUT2D eigenvalue weighted by Crippen LogP contribution is -2.48. The molecule has 2 aliphatic rings. The van der Waals surface area contributed by atoms with Crippen LogP contribution in [-0.2, 0) is 6.18 Å². The first-order valence-corrected chi connectivity index (χ1v) is 11.1. The molecule has 1 saturated heterocycles. The molecule has 34 heavy (non-hydrogen) atoms. The predicted octanol–water partition coefficient (Wildman–Crippen LogP) is 4.28. The number of piperidine rings is 1. The molecule has 1 saturated carbocycles. The summed E-state index contributed by atoms with van der Waals surface area (Å²) in [6.07, 6.45) is 2.33. The zero-order valence-electron chi connectivity index (χ0n) is 18.7. The number of nitrogens with zero attached hydrogens (tertiary/aromatic N) is 5. The minimum atomic E-state index is -4.54. The molecule has 0 aromatic carbocycles. The molecule has 10 heteroatoms. The van der Waals surface area contributed by atoms with Crippen LogP contribution in [0.15, 0.2) is 43.0 Å². The third-order valence-electron chi connectivity index (χ3n) is 6.51. The van der Waals surface area contributed by atoms with E-state index in [9.17, 15) is 18.0 Å². The third-order valence-corrected chi connectivity index (χ3v) is 6.51. The average Bonchev–Trinajstić information content (AvgIpc) is 3.40. The van der Waals surface area contributed by atoms with Gasteiger partial charge in [-0.25, -0.2) is 9.97 Å². The Morgan fingerprint density at radius 1 is 1.06 bits per heavy atom. The van der Waals surface area contributed by atoms with E-state index in [1.165, 1.54) is 0 Å². The van der Waals surface area contributed by atoms with Gasteiger partial charge in [-0.05, 0) is 55.9 Å². The monoisotopic (exact) mass is 468 g/mol. The van der Waals surface area contributed by atoms with Crippen molar-refractivity contribution in [1.29, 1.82) is 0 Å². The first kappa shape index (κ1) is 22.2. The summed E-state index contributed by atoms with van der Waals surface area (Å²) in [6, 6.07) is 5.40. The van der Waals surface area contributed by atoms with E-state index < -0.39 is 11.9 Å². The van der Waals surface area contributed by atoms with Crippen molar-refractivity contribution < 1.29 is 18.0 Å². The Morgan fingerprint density at radius 2 is 1.88 bits per heavy atom. The van der Waals surface area contributed by atoms with Crippen molar-refractivity contribution in [2.45, 2.75) is 44.9 Å². The van der Waals surface area contributed by atoms with Crippen molar-refractivity contribution >= 4 is 11.7 Å². The normalized spacial score (nSPS) is 21.7. The maximum Gasteiger partial charge on any atom is 0.434 e. The summed E-state index contributed by atoms with van der Waals surface area (Å²) < 4.78 is 38.3. The number of carbonyl (C=O) groups excluding carboxylic acids is 1. The van der Waals surface area contributed by atoms with Crippen LogP contribution in [-0.4, -0.2) is 49.4 Å². The van der Waals surface area contributed by atoms with Gasteiger partial charge in [0.05, 0.1) is 29.7 Å². The number of nitrogens with one attached hydrogen (secondary N) is 1. The van der Waals surface area contributed by atoms with Crippen molar-refractivity contribution in [1.82, 2.24) is 24.8 Å². The molecular formula is C24H23F3N6O. The molecule has 3 aromatic heterocycles. The van der Waals surface area contributed by atoms with E-state index >= 15 is 0 Å². The highest BCUT2D eigenvalue weighted by Gasteiger charge is 2.47. The molecule has 1 aliphatic carbocycles. The Hall–Kier alpha value is -3.56. The van der Waals surface area contributed by atoms with Gasteiger partial charge in [-0.2, -0.15) is 13.2 Å². The first-order chi connectivity index (χ1) is 16.2. The second-order valence-corrected chi connectivity index (χ2v) is 8.98. The average molecular weight is 468 g/mol. The number of pyridine rings is 2. The minimum absolute atomic E-state index is 0.0974. The molecule has 0 radical (unpaired) electrons. The summed E-state index contributed by atoms with van der Waals surface area (Å²) >= 11 is 0. The molecule has 7 nitrogen and oxygen atoms in total.